The zero-order valence-electron chi connectivity index (χ0n) is 26.1. The Morgan fingerprint density at radius 1 is 0.333 bits per heavy atom. The molecule has 0 aromatic heterocycles. The fourth-order valence-corrected chi connectivity index (χ4v) is 41.0. The van der Waals surface area contributed by atoms with Crippen LogP contribution in [0.25, 0.3) is 0 Å². The van der Waals surface area contributed by atoms with Crippen LogP contribution < -0.4 is 0 Å². The molecule has 0 radical (unpaired) electrons. The third-order valence-electron chi connectivity index (χ3n) is 4.04. The van der Waals surface area contributed by atoms with Gasteiger partial charge in [-0.05, 0) is 111 Å². The molecule has 9 nitrogen and oxygen atoms in total. The lowest BCUT2D eigenvalue weighted by Gasteiger charge is -2.40. The summed E-state index contributed by atoms with van der Waals surface area (Å²) in [7, 11) is -19.5. The van der Waals surface area contributed by atoms with Crippen LogP contribution >= 0.6 is 0 Å². The van der Waals surface area contributed by atoms with Gasteiger partial charge in [0.15, 0.2) is 16.6 Å². The molecule has 0 rings (SSSR count). The van der Waals surface area contributed by atoms with E-state index in [2.05, 4.69) is 91.7 Å². The lowest BCUT2D eigenvalue weighted by Crippen LogP contribution is -2.57. The molecule has 5 unspecified atom stereocenters. The highest BCUT2D eigenvalue weighted by Crippen LogP contribution is 2.24. The Morgan fingerprint density at radius 3 is 1.00 bits per heavy atom. The minimum absolute atomic E-state index is 1.58. The molecule has 0 spiro atoms. The van der Waals surface area contributed by atoms with E-state index in [1.54, 1.807) is 0 Å². The van der Waals surface area contributed by atoms with Crippen molar-refractivity contribution in [2.45, 2.75) is 111 Å². The normalized spacial score (nSPS) is 18.6. The average molecular weight is 685 g/mol. The van der Waals surface area contributed by atoms with Crippen LogP contribution in [0.5, 0.6) is 0 Å². The molecule has 19 heteroatoms. The van der Waals surface area contributed by atoms with Gasteiger partial charge in [-0.15, -0.1) is 0 Å². The van der Waals surface area contributed by atoms with E-state index in [-0.39, 0.29) is 0 Å². The average Bonchev–Trinajstić information content (AvgIpc) is 2.44. The minimum atomic E-state index is -2.45. The van der Waals surface area contributed by atoms with Gasteiger partial charge in [0.05, 0.1) is 0 Å². The molecule has 0 saturated carbocycles. The smallest absolute Gasteiger partial charge is 0.314 e. The molecule has 0 N–H and O–H groups in total. The van der Waals surface area contributed by atoms with Crippen molar-refractivity contribution in [3.8, 4) is 0 Å². The van der Waals surface area contributed by atoms with E-state index in [0.717, 1.165) is 0 Å². The molecule has 0 aliphatic carbocycles. The van der Waals surface area contributed by atoms with Gasteiger partial charge in [0.25, 0.3) is 46.4 Å². The van der Waals surface area contributed by atoms with Gasteiger partial charge in [-0.3, -0.25) is 0 Å². The highest BCUT2D eigenvalue weighted by atomic mass is 28.5. The highest BCUT2D eigenvalue weighted by molar-refractivity contribution is 6.89. The summed E-state index contributed by atoms with van der Waals surface area (Å²) in [5.41, 5.74) is 0. The Kier molecular flexibility index (Phi) is 15.9. The molecule has 0 aromatic carbocycles. The molecule has 5 atom stereocenters. The lowest BCUT2D eigenvalue weighted by molar-refractivity contribution is 0.284. The van der Waals surface area contributed by atoms with E-state index in [9.17, 15) is 0 Å². The third-order valence-corrected chi connectivity index (χ3v) is 36.3. The molecule has 0 aromatic rings. The molecule has 0 aliphatic heterocycles. The van der Waals surface area contributed by atoms with E-state index in [1.807, 2.05) is 19.6 Å². The summed E-state index contributed by atoms with van der Waals surface area (Å²) in [4.78, 5) is 0. The zero-order valence-corrected chi connectivity index (χ0v) is 36.8. The minimum Gasteiger partial charge on any atom is -0.439 e. The van der Waals surface area contributed by atoms with Crippen molar-refractivity contribution >= 4 is 88.7 Å². The zero-order chi connectivity index (χ0) is 28.8. The molecule has 0 bridgehead atoms. The second kappa shape index (κ2) is 15.2. The first-order chi connectivity index (χ1) is 15.8. The van der Waals surface area contributed by atoms with Gasteiger partial charge in [0.2, 0.25) is 0 Å². The van der Waals surface area contributed by atoms with Crippen LogP contribution in [0.4, 0.5) is 0 Å². The Bertz CT molecular complexity index is 645. The summed E-state index contributed by atoms with van der Waals surface area (Å²) < 4.78 is 56.5. The van der Waals surface area contributed by atoms with Gasteiger partial charge in [0, 0.05) is 0 Å². The van der Waals surface area contributed by atoms with Crippen molar-refractivity contribution in [2.75, 3.05) is 0 Å². The number of rotatable bonds is 18. The maximum Gasteiger partial charge on any atom is 0.314 e. The molecule has 0 amide bonds. The Balaban J connectivity index is 4.67. The Labute approximate surface area is 236 Å². The molecule has 0 fully saturated rings. The third kappa shape index (κ3) is 20.7. The summed E-state index contributed by atoms with van der Waals surface area (Å²) in [5.74, 6) is 0. The van der Waals surface area contributed by atoms with E-state index in [0.29, 0.717) is 0 Å². The van der Waals surface area contributed by atoms with Gasteiger partial charge in [-0.2, -0.15) is 0 Å². The van der Waals surface area contributed by atoms with Gasteiger partial charge in [0.1, 0.15) is 0 Å². The molecular weight excluding hydrogens is 629 g/mol. The van der Waals surface area contributed by atoms with Crippen molar-refractivity contribution in [1.29, 1.82) is 0 Å². The monoisotopic (exact) mass is 684 g/mol. The van der Waals surface area contributed by atoms with Crippen LogP contribution in [0, 0.1) is 0 Å². The number of hydrogen-bond donors (Lipinski definition) is 0. The van der Waals surface area contributed by atoms with Crippen LogP contribution in [0.3, 0.4) is 0 Å². The van der Waals surface area contributed by atoms with Gasteiger partial charge in [-0.1, -0.05) is 0 Å². The molecule has 218 valence electrons. The predicted molar refractivity (Wildman–Crippen MR) is 174 cm³/mol. The quantitative estimate of drug-likeness (QED) is 0.198. The molecule has 0 saturated heterocycles. The summed E-state index contributed by atoms with van der Waals surface area (Å²) >= 11 is 0. The summed E-state index contributed by atoms with van der Waals surface area (Å²) in [6.07, 6.45) is 0. The molecule has 36 heavy (non-hydrogen) atoms. The standard InChI is InChI=1S/C17H56O9Si10/c1-27(18-28(2)20-30(4)22-32(6,7)8)19-29(3)21-31(5)23-34(12,13)25-36(16,17)26-35(14,15)24-33(9,10)11/h27-31H,1-17H3. The lowest BCUT2D eigenvalue weighted by atomic mass is 11.8. The van der Waals surface area contributed by atoms with E-state index < -0.39 is 88.7 Å². The fraction of sp³-hybridized carbons (Fsp3) is 1.00. The second-order valence-corrected chi connectivity index (χ2v) is 43.6. The van der Waals surface area contributed by atoms with Crippen LogP contribution in [0.15, 0.2) is 0 Å². The fourth-order valence-electron chi connectivity index (χ4n) is 4.12. The van der Waals surface area contributed by atoms with Gasteiger partial charge >= 0.3 is 25.7 Å². The first kappa shape index (κ1) is 37.8. The largest absolute Gasteiger partial charge is 0.439 e. The predicted octanol–water partition coefficient (Wildman–Crippen LogP) is 4.16. The molecule has 0 aliphatic rings. The van der Waals surface area contributed by atoms with E-state index in [4.69, 9.17) is 37.0 Å². The summed E-state index contributed by atoms with van der Waals surface area (Å²) in [6, 6.07) is 0. The van der Waals surface area contributed by atoms with E-state index in [1.165, 1.54) is 0 Å². The van der Waals surface area contributed by atoms with E-state index >= 15 is 0 Å². The first-order valence-corrected chi connectivity index (χ1v) is 38.6. The Morgan fingerprint density at radius 2 is 0.639 bits per heavy atom. The van der Waals surface area contributed by atoms with Crippen LogP contribution in [0.2, 0.25) is 111 Å². The summed E-state index contributed by atoms with van der Waals surface area (Å²) in [5, 5.41) is 0. The van der Waals surface area contributed by atoms with Crippen molar-refractivity contribution in [3.05, 3.63) is 0 Å². The maximum atomic E-state index is 6.53. The van der Waals surface area contributed by atoms with Crippen LogP contribution in [0.1, 0.15) is 0 Å². The van der Waals surface area contributed by atoms with Crippen molar-refractivity contribution in [2.24, 2.45) is 0 Å². The topological polar surface area (TPSA) is 83.1 Å². The molecule has 0 heterocycles. The maximum absolute atomic E-state index is 6.53. The molecular formula is C17H56O9Si10. The van der Waals surface area contributed by atoms with Crippen molar-refractivity contribution in [3.63, 3.8) is 0 Å². The Hall–Kier alpha value is 1.81. The van der Waals surface area contributed by atoms with Crippen LogP contribution in [-0.4, -0.2) is 88.7 Å². The van der Waals surface area contributed by atoms with Crippen LogP contribution in [-0.2, 0) is 37.0 Å². The summed E-state index contributed by atoms with van der Waals surface area (Å²) in [6.45, 7) is 35.9. The second-order valence-electron chi connectivity index (χ2n) is 12.3. The SMILES string of the molecule is C[SiH](O[SiH](C)O[SiH](C)O[Si](C)(C)C)O[SiH](C)O[SiH](C)O[Si](C)(C)O[Si](C)(C)O[Si](C)(C)O[Si](C)(C)C. The van der Waals surface area contributed by atoms with Gasteiger partial charge < -0.3 is 37.0 Å². The van der Waals surface area contributed by atoms with Gasteiger partial charge in [-0.25, -0.2) is 0 Å². The number of hydrogen-bond acceptors (Lipinski definition) is 9. The van der Waals surface area contributed by atoms with Crippen molar-refractivity contribution in [1.82, 2.24) is 0 Å². The highest BCUT2D eigenvalue weighted by Gasteiger charge is 2.44. The first-order valence-electron chi connectivity index (χ1n) is 12.9. The van der Waals surface area contributed by atoms with Crippen molar-refractivity contribution < 1.29 is 37.0 Å².